The molecule has 1 spiro atoms. The Balaban J connectivity index is 1.83. The van der Waals surface area contributed by atoms with Crippen LogP contribution in [-0.4, -0.2) is 60.5 Å². The van der Waals surface area contributed by atoms with E-state index in [1.165, 1.54) is 18.1 Å². The molecule has 5 rings (SSSR count). The zero-order chi connectivity index (χ0) is 19.1. The standard InChI is InChI=1S/C21H25NO5/c1-11(23)26-19-15(24)10-13-14-9-12-5-6-16(25-4)18-17(12)21(13,7-8-22(14)3)20(19,2)27-18/h5-6,10,14-15,19,24H,7-9H2,1-4H3/t14-,15-,19+,20-,21+/m1/s1. The van der Waals surface area contributed by atoms with Gasteiger partial charge in [0.05, 0.1) is 12.5 Å². The molecule has 0 aromatic heterocycles. The van der Waals surface area contributed by atoms with Gasteiger partial charge in [0.1, 0.15) is 6.10 Å². The van der Waals surface area contributed by atoms with E-state index >= 15 is 0 Å². The van der Waals surface area contributed by atoms with Crippen LogP contribution in [0.15, 0.2) is 23.8 Å². The number of hydrogen-bond acceptors (Lipinski definition) is 6. The summed E-state index contributed by atoms with van der Waals surface area (Å²) in [5.41, 5.74) is 2.30. The number of nitrogens with zero attached hydrogens (tertiary/aromatic N) is 1. The Kier molecular flexibility index (Phi) is 3.33. The summed E-state index contributed by atoms with van der Waals surface area (Å²) >= 11 is 0. The molecule has 1 fully saturated rings. The molecule has 4 aliphatic rings. The van der Waals surface area contributed by atoms with E-state index in [1.807, 2.05) is 19.1 Å². The Morgan fingerprint density at radius 3 is 2.89 bits per heavy atom. The van der Waals surface area contributed by atoms with Crippen molar-refractivity contribution in [2.45, 2.75) is 56.0 Å². The first kappa shape index (κ1) is 17.1. The zero-order valence-corrected chi connectivity index (χ0v) is 16.1. The molecule has 0 radical (unpaired) electrons. The number of hydrogen-bond donors (Lipinski definition) is 1. The van der Waals surface area contributed by atoms with Crippen LogP contribution in [0.5, 0.6) is 11.5 Å². The fraction of sp³-hybridized carbons (Fsp3) is 0.571. The molecule has 1 saturated heterocycles. The average molecular weight is 371 g/mol. The minimum atomic E-state index is -0.905. The van der Waals surface area contributed by atoms with Gasteiger partial charge in [-0.05, 0) is 50.6 Å². The fourth-order valence-electron chi connectivity index (χ4n) is 6.01. The highest BCUT2D eigenvalue weighted by molar-refractivity contribution is 5.70. The molecule has 2 aliphatic heterocycles. The second kappa shape index (κ2) is 5.26. The van der Waals surface area contributed by atoms with Crippen LogP contribution in [-0.2, 0) is 21.4 Å². The molecule has 0 saturated carbocycles. The lowest BCUT2D eigenvalue weighted by atomic mass is 9.51. The number of likely N-dealkylation sites (N-methyl/N-ethyl adjacent to an activating group) is 1. The van der Waals surface area contributed by atoms with Gasteiger partial charge in [0, 0.05) is 18.5 Å². The van der Waals surface area contributed by atoms with Crippen LogP contribution >= 0.6 is 0 Å². The molecular weight excluding hydrogens is 346 g/mol. The van der Waals surface area contributed by atoms with Crippen molar-refractivity contribution in [3.05, 3.63) is 34.9 Å². The molecular formula is C21H25NO5. The molecule has 5 atom stereocenters. The molecule has 2 bridgehead atoms. The van der Waals surface area contributed by atoms with Gasteiger partial charge in [0.2, 0.25) is 0 Å². The Bertz CT molecular complexity index is 880. The Morgan fingerprint density at radius 1 is 1.41 bits per heavy atom. The Labute approximate surface area is 158 Å². The van der Waals surface area contributed by atoms with Crippen molar-refractivity contribution in [1.29, 1.82) is 0 Å². The van der Waals surface area contributed by atoms with Gasteiger partial charge in [0.15, 0.2) is 23.2 Å². The summed E-state index contributed by atoms with van der Waals surface area (Å²) in [6.45, 7) is 4.27. The molecule has 0 unspecified atom stereocenters. The van der Waals surface area contributed by atoms with Crippen molar-refractivity contribution >= 4 is 5.97 Å². The van der Waals surface area contributed by atoms with Crippen molar-refractivity contribution in [1.82, 2.24) is 4.90 Å². The monoisotopic (exact) mass is 371 g/mol. The highest BCUT2D eigenvalue weighted by Crippen LogP contribution is 2.66. The van der Waals surface area contributed by atoms with Crippen molar-refractivity contribution in [3.8, 4) is 11.5 Å². The van der Waals surface area contributed by atoms with Gasteiger partial charge < -0.3 is 19.3 Å². The molecule has 2 aliphatic carbocycles. The summed E-state index contributed by atoms with van der Waals surface area (Å²) in [6, 6.07) is 4.29. The number of carbonyl (C=O) groups is 1. The lowest BCUT2D eigenvalue weighted by Gasteiger charge is -2.59. The molecule has 27 heavy (non-hydrogen) atoms. The molecule has 6 nitrogen and oxygen atoms in total. The summed E-state index contributed by atoms with van der Waals surface area (Å²) in [6.07, 6.45) is 1.96. The molecule has 1 aromatic carbocycles. The van der Waals surface area contributed by atoms with E-state index in [0.29, 0.717) is 5.75 Å². The minimum Gasteiger partial charge on any atom is -0.493 e. The van der Waals surface area contributed by atoms with E-state index in [1.54, 1.807) is 7.11 Å². The molecule has 1 N–H and O–H groups in total. The second-order valence-electron chi connectivity index (χ2n) is 8.34. The van der Waals surface area contributed by atoms with Gasteiger partial charge in [0.25, 0.3) is 0 Å². The molecule has 0 amide bonds. The normalized spacial score (nSPS) is 38.6. The average Bonchev–Trinajstić information content (AvgIpc) is 2.89. The molecule has 144 valence electrons. The number of methoxy groups -OCH3 is 1. The van der Waals surface area contributed by atoms with E-state index in [0.717, 1.165) is 30.7 Å². The maximum absolute atomic E-state index is 11.8. The number of ether oxygens (including phenoxy) is 3. The zero-order valence-electron chi connectivity index (χ0n) is 16.1. The van der Waals surface area contributed by atoms with Crippen LogP contribution in [0.25, 0.3) is 0 Å². The summed E-state index contributed by atoms with van der Waals surface area (Å²) in [5, 5.41) is 10.9. The topological polar surface area (TPSA) is 68.2 Å². The number of rotatable bonds is 2. The van der Waals surface area contributed by atoms with E-state index in [4.69, 9.17) is 14.2 Å². The van der Waals surface area contributed by atoms with Crippen molar-refractivity contribution in [2.24, 2.45) is 0 Å². The summed E-state index contributed by atoms with van der Waals surface area (Å²) < 4.78 is 17.8. The maximum Gasteiger partial charge on any atom is 0.303 e. The lowest BCUT2D eigenvalue weighted by molar-refractivity contribution is -0.178. The van der Waals surface area contributed by atoms with E-state index < -0.39 is 29.2 Å². The number of esters is 1. The largest absolute Gasteiger partial charge is 0.493 e. The van der Waals surface area contributed by atoms with Gasteiger partial charge in [-0.2, -0.15) is 0 Å². The summed E-state index contributed by atoms with van der Waals surface area (Å²) in [7, 11) is 3.77. The predicted molar refractivity (Wildman–Crippen MR) is 98.1 cm³/mol. The van der Waals surface area contributed by atoms with Gasteiger partial charge in [-0.1, -0.05) is 12.1 Å². The SMILES string of the molecule is COc1ccc2c3c1O[C@]1(C)[C@@H](OC(C)=O)[C@H](O)C=C4[C@@H](C2)N(C)CC[C@]431. The number of piperidine rings is 1. The van der Waals surface area contributed by atoms with Crippen LogP contribution in [0.4, 0.5) is 0 Å². The lowest BCUT2D eigenvalue weighted by Crippen LogP contribution is -2.70. The van der Waals surface area contributed by atoms with Gasteiger partial charge in [-0.3, -0.25) is 9.69 Å². The van der Waals surface area contributed by atoms with Crippen LogP contribution in [0, 0.1) is 0 Å². The first-order valence-corrected chi connectivity index (χ1v) is 9.50. The smallest absolute Gasteiger partial charge is 0.303 e. The number of aliphatic hydroxyl groups is 1. The van der Waals surface area contributed by atoms with Crippen LogP contribution in [0.3, 0.4) is 0 Å². The number of aliphatic hydroxyl groups excluding tert-OH is 1. The van der Waals surface area contributed by atoms with Crippen LogP contribution in [0.2, 0.25) is 0 Å². The Morgan fingerprint density at radius 2 is 2.19 bits per heavy atom. The maximum atomic E-state index is 11.8. The highest BCUT2D eigenvalue weighted by atomic mass is 16.6. The second-order valence-corrected chi connectivity index (χ2v) is 8.34. The Hall–Kier alpha value is -2.05. The van der Waals surface area contributed by atoms with Gasteiger partial charge in [-0.25, -0.2) is 0 Å². The third-order valence-corrected chi connectivity index (χ3v) is 7.15. The number of likely N-dealkylation sites (tertiary alicyclic amines) is 1. The first-order valence-electron chi connectivity index (χ1n) is 9.50. The van der Waals surface area contributed by atoms with E-state index in [2.05, 4.69) is 18.0 Å². The third kappa shape index (κ3) is 1.85. The van der Waals surface area contributed by atoms with E-state index in [-0.39, 0.29) is 6.04 Å². The summed E-state index contributed by atoms with van der Waals surface area (Å²) in [4.78, 5) is 14.2. The number of carbonyl (C=O) groups excluding carboxylic acids is 1. The van der Waals surface area contributed by atoms with Crippen molar-refractivity contribution in [3.63, 3.8) is 0 Å². The minimum absolute atomic E-state index is 0.210. The summed E-state index contributed by atoms with van der Waals surface area (Å²) in [5.74, 6) is 1.00. The van der Waals surface area contributed by atoms with Gasteiger partial charge in [-0.15, -0.1) is 0 Å². The van der Waals surface area contributed by atoms with Crippen LogP contribution < -0.4 is 9.47 Å². The van der Waals surface area contributed by atoms with Crippen molar-refractivity contribution < 1.29 is 24.1 Å². The highest BCUT2D eigenvalue weighted by Gasteiger charge is 2.71. The first-order chi connectivity index (χ1) is 12.8. The molecule has 2 heterocycles. The van der Waals surface area contributed by atoms with Gasteiger partial charge >= 0.3 is 5.97 Å². The molecule has 6 heteroatoms. The van der Waals surface area contributed by atoms with Crippen molar-refractivity contribution in [2.75, 3.05) is 20.7 Å². The van der Waals surface area contributed by atoms with E-state index in [9.17, 15) is 9.90 Å². The fourth-order valence-corrected chi connectivity index (χ4v) is 6.01. The molecule has 1 aromatic rings. The quantitative estimate of drug-likeness (QED) is 0.629. The third-order valence-electron chi connectivity index (χ3n) is 7.15. The number of benzene rings is 1. The van der Waals surface area contributed by atoms with Crippen LogP contribution in [0.1, 0.15) is 31.4 Å². The predicted octanol–water partition coefficient (Wildman–Crippen LogP) is 1.58.